The number of hydrogen-bond acceptors (Lipinski definition) is 8. The fourth-order valence-corrected chi connectivity index (χ4v) is 5.30. The summed E-state index contributed by atoms with van der Waals surface area (Å²) < 4.78 is 3.08. The van der Waals surface area contributed by atoms with E-state index in [0.29, 0.717) is 47.4 Å². The molecule has 5 aromatic rings. The Labute approximate surface area is 259 Å². The van der Waals surface area contributed by atoms with E-state index in [1.54, 1.807) is 23.0 Å². The minimum atomic E-state index is -0.554. The van der Waals surface area contributed by atoms with E-state index in [1.165, 1.54) is 4.52 Å². The van der Waals surface area contributed by atoms with Crippen molar-refractivity contribution in [2.24, 2.45) is 5.92 Å². The molecular formula is C34H33N7O4. The molecule has 2 aromatic carbocycles. The standard InChI is InChI=1S/C28H25N7O2.C6H8O2/c1-18(32-27(36)24-25(29)33-34-16-8-15-31-26(24)34)22-17-20-10-6-9-19(11-7-14-30-2)23(20)28(37)35(22)21-12-4-3-5-13-21;7-4-5-1-2-6(8)3-5/h3-6,8-10,12-13,15-18,30H,14H2,1-2H3,(H2,29,33)(H,32,36);4-5H,1-3H2/t18-;/m0./s1. The molecule has 1 aliphatic carbocycles. The van der Waals surface area contributed by atoms with Gasteiger partial charge in [0.15, 0.2) is 11.5 Å². The number of aldehydes is 1. The number of carbonyl (C=O) groups is 3. The highest BCUT2D eigenvalue weighted by atomic mass is 16.2. The van der Waals surface area contributed by atoms with Gasteiger partial charge in [0.05, 0.1) is 18.0 Å². The quantitative estimate of drug-likeness (QED) is 0.198. The van der Waals surface area contributed by atoms with Crippen molar-refractivity contribution in [3.63, 3.8) is 0 Å². The van der Waals surface area contributed by atoms with E-state index in [1.807, 2.05) is 68.6 Å². The number of nitrogens with two attached hydrogens (primary N) is 1. The second-order valence-corrected chi connectivity index (χ2v) is 10.7. The topological polar surface area (TPSA) is 153 Å². The van der Waals surface area contributed by atoms with Crippen LogP contribution in [-0.4, -0.2) is 50.7 Å². The number of benzene rings is 2. The van der Waals surface area contributed by atoms with Crippen molar-refractivity contribution in [3.05, 3.63) is 100 Å². The molecule has 11 nitrogen and oxygen atoms in total. The molecule has 2 atom stereocenters. The van der Waals surface area contributed by atoms with Crippen LogP contribution in [0.2, 0.25) is 0 Å². The summed E-state index contributed by atoms with van der Waals surface area (Å²) in [6.45, 7) is 2.33. The first-order chi connectivity index (χ1) is 21.8. The van der Waals surface area contributed by atoms with Gasteiger partial charge in [-0.15, -0.1) is 5.10 Å². The summed E-state index contributed by atoms with van der Waals surface area (Å²) >= 11 is 0. The minimum absolute atomic E-state index is 0.0440. The van der Waals surface area contributed by atoms with Crippen LogP contribution in [0.5, 0.6) is 0 Å². The van der Waals surface area contributed by atoms with Gasteiger partial charge in [0.25, 0.3) is 11.5 Å². The van der Waals surface area contributed by atoms with Crippen molar-refractivity contribution in [1.29, 1.82) is 0 Å². The van der Waals surface area contributed by atoms with Crippen LogP contribution in [-0.2, 0) is 9.59 Å². The maximum absolute atomic E-state index is 14.0. The van der Waals surface area contributed by atoms with Crippen molar-refractivity contribution in [2.75, 3.05) is 19.3 Å². The Kier molecular flexibility index (Phi) is 9.46. The van der Waals surface area contributed by atoms with Crippen LogP contribution < -0.4 is 21.9 Å². The number of hydrogen-bond donors (Lipinski definition) is 3. The van der Waals surface area contributed by atoms with Crippen LogP contribution in [0.4, 0.5) is 5.82 Å². The molecule has 3 heterocycles. The minimum Gasteiger partial charge on any atom is -0.381 e. The molecule has 45 heavy (non-hydrogen) atoms. The van der Waals surface area contributed by atoms with Crippen molar-refractivity contribution in [2.45, 2.75) is 32.2 Å². The highest BCUT2D eigenvalue weighted by Crippen LogP contribution is 2.24. The number of aromatic nitrogens is 4. The number of anilines is 1. The predicted octanol–water partition coefficient (Wildman–Crippen LogP) is 3.23. The zero-order valence-electron chi connectivity index (χ0n) is 25.0. The number of nitrogens with one attached hydrogen (secondary N) is 2. The molecule has 0 aliphatic heterocycles. The van der Waals surface area contributed by atoms with Gasteiger partial charge in [-0.3, -0.25) is 19.0 Å². The Morgan fingerprint density at radius 2 is 1.96 bits per heavy atom. The molecule has 3 aromatic heterocycles. The lowest BCUT2D eigenvalue weighted by atomic mass is 10.0. The molecule has 1 unspecified atom stereocenters. The van der Waals surface area contributed by atoms with Crippen molar-refractivity contribution < 1.29 is 14.4 Å². The highest BCUT2D eigenvalue weighted by Gasteiger charge is 2.24. The first-order valence-electron chi connectivity index (χ1n) is 14.6. The van der Waals surface area contributed by atoms with Crippen LogP contribution in [0.25, 0.3) is 22.1 Å². The van der Waals surface area contributed by atoms with E-state index < -0.39 is 11.9 Å². The lowest BCUT2D eigenvalue weighted by Crippen LogP contribution is -2.32. The zero-order chi connectivity index (χ0) is 31.9. The molecule has 0 spiro atoms. The normalized spacial score (nSPS) is 14.7. The Morgan fingerprint density at radius 1 is 1.16 bits per heavy atom. The third kappa shape index (κ3) is 6.66. The molecular weight excluding hydrogens is 570 g/mol. The maximum Gasteiger partial charge on any atom is 0.264 e. The van der Waals surface area contributed by atoms with E-state index in [9.17, 15) is 19.2 Å². The molecule has 11 heteroatoms. The van der Waals surface area contributed by atoms with Crippen LogP contribution in [0.1, 0.15) is 53.8 Å². The zero-order valence-corrected chi connectivity index (χ0v) is 25.0. The Bertz CT molecular complexity index is 2000. The Morgan fingerprint density at radius 3 is 2.64 bits per heavy atom. The van der Waals surface area contributed by atoms with E-state index in [-0.39, 0.29) is 28.6 Å². The third-order valence-electron chi connectivity index (χ3n) is 7.49. The molecule has 1 saturated carbocycles. The summed E-state index contributed by atoms with van der Waals surface area (Å²) in [5.74, 6) is 6.07. The Balaban J connectivity index is 0.000000436. The molecule has 0 radical (unpaired) electrons. The van der Waals surface area contributed by atoms with Gasteiger partial charge in [0.2, 0.25) is 0 Å². The molecule has 1 amide bonds. The second-order valence-electron chi connectivity index (χ2n) is 10.7. The SMILES string of the molecule is CNCC#Cc1cccc2cc([C@H](C)NC(=O)c3c(N)nn4cccnc34)n(-c3ccccc3)c(=O)c12.O=CC1CCC(=O)C1. The van der Waals surface area contributed by atoms with Gasteiger partial charge in [-0.25, -0.2) is 9.50 Å². The first kappa shape index (κ1) is 30.8. The first-order valence-corrected chi connectivity index (χ1v) is 14.6. The van der Waals surface area contributed by atoms with Crippen LogP contribution in [0.3, 0.4) is 0 Å². The summed E-state index contributed by atoms with van der Waals surface area (Å²) in [7, 11) is 1.82. The number of para-hydroxylation sites is 1. The third-order valence-corrected chi connectivity index (χ3v) is 7.49. The molecule has 6 rings (SSSR count). The van der Waals surface area contributed by atoms with Crippen LogP contribution >= 0.6 is 0 Å². The number of amides is 1. The number of carbonyl (C=O) groups excluding carboxylic acids is 3. The van der Waals surface area contributed by atoms with Gasteiger partial charge >= 0.3 is 0 Å². The average molecular weight is 604 g/mol. The highest BCUT2D eigenvalue weighted by molar-refractivity contribution is 6.04. The summed E-state index contributed by atoms with van der Waals surface area (Å²) in [4.78, 5) is 52.0. The average Bonchev–Trinajstić information content (AvgIpc) is 3.63. The monoisotopic (exact) mass is 603 g/mol. The summed E-state index contributed by atoms with van der Waals surface area (Å²) in [5, 5.41) is 11.4. The fraction of sp³-hybridized carbons (Fsp3) is 0.235. The number of nitrogens with zero attached hydrogens (tertiary/aromatic N) is 4. The van der Waals surface area contributed by atoms with E-state index in [2.05, 4.69) is 32.6 Å². The van der Waals surface area contributed by atoms with E-state index in [4.69, 9.17) is 5.73 Å². The van der Waals surface area contributed by atoms with Crippen molar-refractivity contribution >= 4 is 40.2 Å². The van der Waals surface area contributed by atoms with Gasteiger partial charge in [-0.2, -0.15) is 0 Å². The number of Topliss-reactive ketones (excluding diaryl/α,β-unsaturated/α-hetero) is 1. The summed E-state index contributed by atoms with van der Waals surface area (Å²) in [5.41, 5.74) is 8.31. The molecule has 1 aliphatic rings. The number of ketones is 1. The predicted molar refractivity (Wildman–Crippen MR) is 172 cm³/mol. The van der Waals surface area contributed by atoms with Gasteiger partial charge in [0.1, 0.15) is 17.6 Å². The number of nitrogen functional groups attached to an aromatic ring is 1. The molecule has 4 N–H and O–H groups in total. The summed E-state index contributed by atoms with van der Waals surface area (Å²) in [6.07, 6.45) is 6.01. The van der Waals surface area contributed by atoms with Crippen LogP contribution in [0, 0.1) is 17.8 Å². The lowest BCUT2D eigenvalue weighted by molar-refractivity contribution is -0.119. The van der Waals surface area contributed by atoms with Gasteiger partial charge in [0, 0.05) is 48.1 Å². The second kappa shape index (κ2) is 13.8. The van der Waals surface area contributed by atoms with E-state index >= 15 is 0 Å². The maximum atomic E-state index is 14.0. The molecule has 1 fully saturated rings. The smallest absolute Gasteiger partial charge is 0.264 e. The fourth-order valence-electron chi connectivity index (χ4n) is 5.30. The van der Waals surface area contributed by atoms with Gasteiger partial charge in [-0.1, -0.05) is 42.2 Å². The van der Waals surface area contributed by atoms with Gasteiger partial charge in [-0.05, 0) is 56.1 Å². The largest absolute Gasteiger partial charge is 0.381 e. The Hall–Kier alpha value is -5.60. The number of pyridine rings is 1. The molecule has 0 bridgehead atoms. The molecule has 228 valence electrons. The van der Waals surface area contributed by atoms with Gasteiger partial charge < -0.3 is 21.2 Å². The van der Waals surface area contributed by atoms with Crippen LogP contribution in [0.15, 0.2) is 77.9 Å². The molecule has 0 saturated heterocycles. The number of fused-ring (bicyclic) bond motifs is 2. The number of rotatable bonds is 6. The summed E-state index contributed by atoms with van der Waals surface area (Å²) in [6, 6.07) is 18.0. The lowest BCUT2D eigenvalue weighted by Gasteiger charge is -2.21. The van der Waals surface area contributed by atoms with E-state index in [0.717, 1.165) is 18.1 Å². The van der Waals surface area contributed by atoms with Crippen molar-refractivity contribution in [1.82, 2.24) is 29.8 Å². The van der Waals surface area contributed by atoms with Crippen molar-refractivity contribution in [3.8, 4) is 17.5 Å².